The van der Waals surface area contributed by atoms with E-state index in [4.69, 9.17) is 0 Å². The Bertz CT molecular complexity index is 159. The Morgan fingerprint density at radius 2 is 1.73 bits per heavy atom. The topological polar surface area (TPSA) is 12.0 Å². The smallest absolute Gasteiger partial charge is 0.00206 e. The monoisotopic (exact) mass is 211 g/mol. The first-order chi connectivity index (χ1) is 7.15. The fourth-order valence-electron chi connectivity index (χ4n) is 2.83. The van der Waals surface area contributed by atoms with Gasteiger partial charge in [-0.3, -0.25) is 0 Å². The van der Waals surface area contributed by atoms with Crippen molar-refractivity contribution in [2.24, 2.45) is 23.7 Å². The molecule has 0 bridgehead atoms. The Kier molecular flexibility index (Phi) is 5.66. The summed E-state index contributed by atoms with van der Waals surface area (Å²) in [4.78, 5) is 0. The summed E-state index contributed by atoms with van der Waals surface area (Å²) in [7, 11) is 0. The minimum absolute atomic E-state index is 0.836. The number of nitrogens with one attached hydrogen (secondary N) is 1. The van der Waals surface area contributed by atoms with Gasteiger partial charge in [0.15, 0.2) is 0 Å². The molecule has 0 radical (unpaired) electrons. The Morgan fingerprint density at radius 1 is 1.13 bits per heavy atom. The lowest BCUT2D eigenvalue weighted by Crippen LogP contribution is -2.30. The molecule has 1 saturated carbocycles. The van der Waals surface area contributed by atoms with E-state index in [2.05, 4.69) is 33.0 Å². The van der Waals surface area contributed by atoms with Gasteiger partial charge in [-0.05, 0) is 49.6 Å². The molecule has 0 spiro atoms. The molecule has 0 saturated heterocycles. The van der Waals surface area contributed by atoms with Crippen molar-refractivity contribution in [1.29, 1.82) is 0 Å². The van der Waals surface area contributed by atoms with Crippen molar-refractivity contribution in [3.63, 3.8) is 0 Å². The molecule has 0 aliphatic heterocycles. The molecule has 0 amide bonds. The van der Waals surface area contributed by atoms with E-state index in [1.165, 1.54) is 32.2 Å². The van der Waals surface area contributed by atoms with E-state index in [9.17, 15) is 0 Å². The number of hydrogen-bond donors (Lipinski definition) is 1. The van der Waals surface area contributed by atoms with E-state index in [0.29, 0.717) is 0 Å². The van der Waals surface area contributed by atoms with Gasteiger partial charge >= 0.3 is 0 Å². The molecule has 1 fully saturated rings. The molecular weight excluding hydrogens is 182 g/mol. The van der Waals surface area contributed by atoms with Crippen molar-refractivity contribution in [2.75, 3.05) is 13.1 Å². The van der Waals surface area contributed by atoms with Crippen molar-refractivity contribution in [3.8, 4) is 0 Å². The summed E-state index contributed by atoms with van der Waals surface area (Å²) in [6.07, 6.45) is 5.86. The average molecular weight is 211 g/mol. The van der Waals surface area contributed by atoms with E-state index >= 15 is 0 Å². The molecule has 15 heavy (non-hydrogen) atoms. The summed E-state index contributed by atoms with van der Waals surface area (Å²) in [6, 6.07) is 0. The molecule has 0 heterocycles. The lowest BCUT2D eigenvalue weighted by molar-refractivity contribution is 0.176. The third-order valence-corrected chi connectivity index (χ3v) is 4.42. The zero-order valence-corrected chi connectivity index (χ0v) is 11.1. The molecule has 90 valence electrons. The molecule has 1 N–H and O–H groups in total. The number of hydrogen-bond acceptors (Lipinski definition) is 1. The second-order valence-corrected chi connectivity index (χ2v) is 5.66. The molecule has 0 aromatic heterocycles. The van der Waals surface area contributed by atoms with Crippen molar-refractivity contribution in [2.45, 2.75) is 53.4 Å². The third-order valence-electron chi connectivity index (χ3n) is 4.42. The highest BCUT2D eigenvalue weighted by Crippen LogP contribution is 2.35. The summed E-state index contributed by atoms with van der Waals surface area (Å²) in [6.45, 7) is 11.8. The van der Waals surface area contributed by atoms with E-state index in [-0.39, 0.29) is 0 Å². The van der Waals surface area contributed by atoms with Crippen LogP contribution >= 0.6 is 0 Å². The Morgan fingerprint density at radius 3 is 2.27 bits per heavy atom. The minimum atomic E-state index is 0.836. The van der Waals surface area contributed by atoms with Crippen LogP contribution in [-0.2, 0) is 0 Å². The summed E-state index contributed by atoms with van der Waals surface area (Å²) in [5.74, 6) is 3.72. The highest BCUT2D eigenvalue weighted by Gasteiger charge is 2.26. The van der Waals surface area contributed by atoms with Gasteiger partial charge in [-0.1, -0.05) is 40.5 Å². The first kappa shape index (κ1) is 13.0. The SMILES string of the molecule is CCNCC(C)C(C)C1CCC(C)CC1. The van der Waals surface area contributed by atoms with Gasteiger partial charge < -0.3 is 5.32 Å². The van der Waals surface area contributed by atoms with Gasteiger partial charge in [-0.15, -0.1) is 0 Å². The van der Waals surface area contributed by atoms with E-state index in [1.807, 2.05) is 0 Å². The molecule has 1 rings (SSSR count). The Labute approximate surface area is 96.0 Å². The minimum Gasteiger partial charge on any atom is -0.317 e. The normalized spacial score (nSPS) is 31.2. The second-order valence-electron chi connectivity index (χ2n) is 5.66. The molecular formula is C14H29N. The van der Waals surface area contributed by atoms with Crippen LogP contribution in [0.25, 0.3) is 0 Å². The van der Waals surface area contributed by atoms with Gasteiger partial charge in [0.25, 0.3) is 0 Å². The first-order valence-corrected chi connectivity index (χ1v) is 6.85. The lowest BCUT2D eigenvalue weighted by atomic mass is 9.73. The molecule has 1 heteroatoms. The molecule has 1 nitrogen and oxygen atoms in total. The first-order valence-electron chi connectivity index (χ1n) is 6.85. The summed E-state index contributed by atoms with van der Waals surface area (Å²) < 4.78 is 0. The molecule has 1 aliphatic rings. The predicted molar refractivity (Wildman–Crippen MR) is 68.0 cm³/mol. The van der Waals surface area contributed by atoms with Crippen LogP contribution in [-0.4, -0.2) is 13.1 Å². The van der Waals surface area contributed by atoms with Crippen LogP contribution in [0, 0.1) is 23.7 Å². The Hall–Kier alpha value is -0.0400. The van der Waals surface area contributed by atoms with Crippen LogP contribution in [0.4, 0.5) is 0 Å². The summed E-state index contributed by atoms with van der Waals surface area (Å²) in [5.41, 5.74) is 0. The van der Waals surface area contributed by atoms with Crippen molar-refractivity contribution in [3.05, 3.63) is 0 Å². The van der Waals surface area contributed by atoms with Gasteiger partial charge in [0.05, 0.1) is 0 Å². The van der Waals surface area contributed by atoms with Crippen LogP contribution < -0.4 is 5.32 Å². The maximum absolute atomic E-state index is 3.48. The van der Waals surface area contributed by atoms with Crippen LogP contribution in [0.15, 0.2) is 0 Å². The zero-order valence-electron chi connectivity index (χ0n) is 11.1. The van der Waals surface area contributed by atoms with Gasteiger partial charge in [0.2, 0.25) is 0 Å². The maximum atomic E-state index is 3.48. The largest absolute Gasteiger partial charge is 0.317 e. The molecule has 1 aliphatic carbocycles. The fraction of sp³-hybridized carbons (Fsp3) is 1.00. The zero-order chi connectivity index (χ0) is 11.3. The standard InChI is InChI=1S/C14H29N/c1-5-15-10-12(3)13(4)14-8-6-11(2)7-9-14/h11-15H,5-10H2,1-4H3. The van der Waals surface area contributed by atoms with E-state index in [1.54, 1.807) is 0 Å². The van der Waals surface area contributed by atoms with Crippen LogP contribution in [0.5, 0.6) is 0 Å². The van der Waals surface area contributed by atoms with Crippen LogP contribution in [0.1, 0.15) is 53.4 Å². The summed E-state index contributed by atoms with van der Waals surface area (Å²) in [5, 5.41) is 3.48. The van der Waals surface area contributed by atoms with Gasteiger partial charge in [0, 0.05) is 0 Å². The average Bonchev–Trinajstić information content (AvgIpc) is 2.26. The van der Waals surface area contributed by atoms with E-state index in [0.717, 1.165) is 30.2 Å². The highest BCUT2D eigenvalue weighted by molar-refractivity contribution is 4.77. The van der Waals surface area contributed by atoms with Gasteiger partial charge in [-0.2, -0.15) is 0 Å². The van der Waals surface area contributed by atoms with Crippen molar-refractivity contribution in [1.82, 2.24) is 5.32 Å². The molecule has 2 atom stereocenters. The summed E-state index contributed by atoms with van der Waals surface area (Å²) >= 11 is 0. The van der Waals surface area contributed by atoms with Gasteiger partial charge in [-0.25, -0.2) is 0 Å². The van der Waals surface area contributed by atoms with Crippen LogP contribution in [0.2, 0.25) is 0 Å². The second kappa shape index (κ2) is 6.52. The maximum Gasteiger partial charge on any atom is -0.00206 e. The number of rotatable bonds is 5. The predicted octanol–water partition coefficient (Wildman–Crippen LogP) is 3.69. The molecule has 0 aromatic rings. The quantitative estimate of drug-likeness (QED) is 0.731. The van der Waals surface area contributed by atoms with Gasteiger partial charge in [0.1, 0.15) is 0 Å². The highest BCUT2D eigenvalue weighted by atomic mass is 14.8. The molecule has 2 unspecified atom stereocenters. The van der Waals surface area contributed by atoms with E-state index < -0.39 is 0 Å². The van der Waals surface area contributed by atoms with Crippen LogP contribution in [0.3, 0.4) is 0 Å². The third kappa shape index (κ3) is 4.14. The van der Waals surface area contributed by atoms with Crippen molar-refractivity contribution >= 4 is 0 Å². The molecule has 0 aromatic carbocycles. The lowest BCUT2D eigenvalue weighted by Gasteiger charge is -2.34. The van der Waals surface area contributed by atoms with Crippen molar-refractivity contribution < 1.29 is 0 Å². The Balaban J connectivity index is 2.29. The fourth-order valence-corrected chi connectivity index (χ4v) is 2.83.